The van der Waals surface area contributed by atoms with Crippen LogP contribution in [0.1, 0.15) is 31.1 Å². The van der Waals surface area contributed by atoms with E-state index in [1.54, 1.807) is 39.0 Å². The van der Waals surface area contributed by atoms with Crippen molar-refractivity contribution in [2.24, 2.45) is 5.41 Å². The lowest BCUT2D eigenvalue weighted by molar-refractivity contribution is -0.154. The zero-order valence-corrected chi connectivity index (χ0v) is 17.4. The molecular weight excluding hydrogens is 413 g/mol. The summed E-state index contributed by atoms with van der Waals surface area (Å²) in [5, 5.41) is 3.12. The van der Waals surface area contributed by atoms with E-state index in [0.29, 0.717) is 22.4 Å². The average molecular weight is 436 g/mol. The molecule has 0 fully saturated rings. The first kappa shape index (κ1) is 22.5. The van der Waals surface area contributed by atoms with Gasteiger partial charge in [0.05, 0.1) is 24.3 Å². The molecule has 0 aromatic heterocycles. The van der Waals surface area contributed by atoms with Gasteiger partial charge in [-0.25, -0.2) is 4.39 Å². The lowest BCUT2D eigenvalue weighted by atomic mass is 9.92. The molecule has 0 spiro atoms. The van der Waals surface area contributed by atoms with Gasteiger partial charge in [-0.3, -0.25) is 9.59 Å². The van der Waals surface area contributed by atoms with Gasteiger partial charge < -0.3 is 19.7 Å². The standard InChI is InChI=1S/C22H23F3N2O4/c1-4-30-20(29)22(2,3)11-27-12-26-18-9-13(5-6-17(18)19(27)28)14-7-15(23)10-16(8-14)31-21(24)25/h5-10,21,26H,4,11-12H2,1-3H3. The van der Waals surface area contributed by atoms with Gasteiger partial charge in [0.2, 0.25) is 0 Å². The van der Waals surface area contributed by atoms with Crippen molar-refractivity contribution in [2.75, 3.05) is 25.1 Å². The number of ether oxygens (including phenoxy) is 2. The lowest BCUT2D eigenvalue weighted by Crippen LogP contribution is -2.47. The molecule has 6 nitrogen and oxygen atoms in total. The van der Waals surface area contributed by atoms with Gasteiger partial charge in [0.1, 0.15) is 11.6 Å². The maximum Gasteiger partial charge on any atom is 0.387 e. The Morgan fingerprint density at radius 3 is 2.61 bits per heavy atom. The summed E-state index contributed by atoms with van der Waals surface area (Å²) in [5.41, 5.74) is 0.882. The molecule has 0 radical (unpaired) electrons. The fourth-order valence-electron chi connectivity index (χ4n) is 3.38. The first-order valence-corrected chi connectivity index (χ1v) is 9.71. The minimum Gasteiger partial charge on any atom is -0.466 e. The molecule has 3 rings (SSSR count). The summed E-state index contributed by atoms with van der Waals surface area (Å²) in [6.45, 7) is 2.65. The molecule has 2 aromatic carbocycles. The molecule has 31 heavy (non-hydrogen) atoms. The van der Waals surface area contributed by atoms with E-state index < -0.39 is 23.8 Å². The first-order valence-electron chi connectivity index (χ1n) is 9.71. The number of amides is 1. The third-order valence-corrected chi connectivity index (χ3v) is 4.84. The van der Waals surface area contributed by atoms with E-state index in [-0.39, 0.29) is 31.5 Å². The molecule has 0 atom stereocenters. The molecule has 0 bridgehead atoms. The van der Waals surface area contributed by atoms with E-state index >= 15 is 0 Å². The van der Waals surface area contributed by atoms with Gasteiger partial charge in [-0.05, 0) is 56.2 Å². The number of carbonyl (C=O) groups excluding carboxylic acids is 2. The number of hydrogen-bond acceptors (Lipinski definition) is 5. The Morgan fingerprint density at radius 2 is 1.94 bits per heavy atom. The third kappa shape index (κ3) is 5.10. The second-order valence-corrected chi connectivity index (χ2v) is 7.76. The van der Waals surface area contributed by atoms with Gasteiger partial charge in [0, 0.05) is 18.3 Å². The third-order valence-electron chi connectivity index (χ3n) is 4.84. The van der Waals surface area contributed by atoms with Gasteiger partial charge in [-0.15, -0.1) is 0 Å². The second kappa shape index (κ2) is 8.87. The van der Waals surface area contributed by atoms with Crippen LogP contribution in [0, 0.1) is 11.2 Å². The predicted molar refractivity (Wildman–Crippen MR) is 108 cm³/mol. The molecule has 0 saturated heterocycles. The van der Waals surface area contributed by atoms with Crippen molar-refractivity contribution in [1.82, 2.24) is 4.90 Å². The van der Waals surface area contributed by atoms with E-state index in [1.165, 1.54) is 17.0 Å². The van der Waals surface area contributed by atoms with Gasteiger partial charge in [0.15, 0.2) is 0 Å². The Bertz CT molecular complexity index is 995. The minimum atomic E-state index is -3.07. The van der Waals surface area contributed by atoms with Crippen molar-refractivity contribution in [3.63, 3.8) is 0 Å². The molecular formula is C22H23F3N2O4. The van der Waals surface area contributed by atoms with E-state index in [2.05, 4.69) is 10.1 Å². The molecule has 1 aliphatic heterocycles. The summed E-state index contributed by atoms with van der Waals surface area (Å²) < 4.78 is 48.2. The van der Waals surface area contributed by atoms with Gasteiger partial charge in [0.25, 0.3) is 5.91 Å². The quantitative estimate of drug-likeness (QED) is 0.647. The molecule has 0 saturated carbocycles. The van der Waals surface area contributed by atoms with Crippen molar-refractivity contribution < 1.29 is 32.2 Å². The van der Waals surface area contributed by atoms with Crippen LogP contribution in [-0.4, -0.2) is 43.2 Å². The van der Waals surface area contributed by atoms with Gasteiger partial charge in [-0.2, -0.15) is 8.78 Å². The number of anilines is 1. The molecule has 1 aliphatic rings. The van der Waals surface area contributed by atoms with E-state index in [4.69, 9.17) is 4.74 Å². The van der Waals surface area contributed by atoms with Crippen LogP contribution in [0.4, 0.5) is 18.9 Å². The Morgan fingerprint density at radius 1 is 1.19 bits per heavy atom. The normalized spacial score (nSPS) is 13.6. The van der Waals surface area contributed by atoms with Crippen LogP contribution >= 0.6 is 0 Å². The van der Waals surface area contributed by atoms with Crippen LogP contribution in [0.3, 0.4) is 0 Å². The van der Waals surface area contributed by atoms with Crippen molar-refractivity contribution >= 4 is 17.6 Å². The highest BCUT2D eigenvalue weighted by molar-refractivity contribution is 6.02. The Hall–Kier alpha value is -3.23. The molecule has 1 N–H and O–H groups in total. The Balaban J connectivity index is 1.83. The highest BCUT2D eigenvalue weighted by Crippen LogP contribution is 2.32. The largest absolute Gasteiger partial charge is 0.466 e. The van der Waals surface area contributed by atoms with E-state index in [1.807, 2.05) is 0 Å². The summed E-state index contributed by atoms with van der Waals surface area (Å²) in [6.07, 6.45) is 0. The molecule has 166 valence electrons. The maximum atomic E-state index is 13.9. The summed E-state index contributed by atoms with van der Waals surface area (Å²) in [6, 6.07) is 8.18. The molecule has 0 aliphatic carbocycles. The number of nitrogens with zero attached hydrogens (tertiary/aromatic N) is 1. The number of esters is 1. The van der Waals surface area contributed by atoms with Crippen molar-refractivity contribution in [3.05, 3.63) is 47.8 Å². The predicted octanol–water partition coefficient (Wildman–Crippen LogP) is 4.51. The zero-order valence-electron chi connectivity index (χ0n) is 17.4. The molecule has 1 heterocycles. The monoisotopic (exact) mass is 436 g/mol. The number of nitrogens with one attached hydrogen (secondary N) is 1. The Kier molecular flexibility index (Phi) is 6.42. The second-order valence-electron chi connectivity index (χ2n) is 7.76. The highest BCUT2D eigenvalue weighted by Gasteiger charge is 2.35. The van der Waals surface area contributed by atoms with Crippen LogP contribution < -0.4 is 10.1 Å². The van der Waals surface area contributed by atoms with E-state index in [0.717, 1.165) is 6.07 Å². The van der Waals surface area contributed by atoms with Crippen molar-refractivity contribution in [2.45, 2.75) is 27.4 Å². The minimum absolute atomic E-state index is 0.164. The lowest BCUT2D eigenvalue weighted by Gasteiger charge is -2.35. The summed E-state index contributed by atoms with van der Waals surface area (Å²) >= 11 is 0. The van der Waals surface area contributed by atoms with E-state index in [9.17, 15) is 22.8 Å². The fraction of sp³-hybridized carbons (Fsp3) is 0.364. The fourth-order valence-corrected chi connectivity index (χ4v) is 3.38. The van der Waals surface area contributed by atoms with Crippen LogP contribution in [-0.2, 0) is 9.53 Å². The summed E-state index contributed by atoms with van der Waals surface area (Å²) in [4.78, 5) is 26.6. The highest BCUT2D eigenvalue weighted by atomic mass is 19.3. The van der Waals surface area contributed by atoms with Crippen LogP contribution in [0.2, 0.25) is 0 Å². The van der Waals surface area contributed by atoms with Crippen LogP contribution in [0.5, 0.6) is 5.75 Å². The molecule has 1 amide bonds. The SMILES string of the molecule is CCOC(=O)C(C)(C)CN1CNc2cc(-c3cc(F)cc(OC(F)F)c3)ccc2C1=O. The van der Waals surface area contributed by atoms with Gasteiger partial charge in [-0.1, -0.05) is 6.07 Å². The average Bonchev–Trinajstić information content (AvgIpc) is 2.69. The van der Waals surface area contributed by atoms with Gasteiger partial charge >= 0.3 is 12.6 Å². The molecule has 2 aromatic rings. The maximum absolute atomic E-state index is 13.9. The van der Waals surface area contributed by atoms with Crippen LogP contribution in [0.15, 0.2) is 36.4 Å². The number of benzene rings is 2. The molecule has 0 unspecified atom stereocenters. The van der Waals surface area contributed by atoms with Crippen molar-refractivity contribution in [3.8, 4) is 16.9 Å². The Labute approximate surface area is 177 Å². The number of rotatable bonds is 7. The number of halogens is 3. The number of carbonyl (C=O) groups is 2. The summed E-state index contributed by atoms with van der Waals surface area (Å²) in [7, 11) is 0. The number of hydrogen-bond donors (Lipinski definition) is 1. The summed E-state index contributed by atoms with van der Waals surface area (Å²) in [5.74, 6) is -1.67. The first-order chi connectivity index (χ1) is 14.6. The number of alkyl halides is 2. The molecule has 9 heteroatoms. The topological polar surface area (TPSA) is 67.9 Å². The van der Waals surface area contributed by atoms with Crippen LogP contribution in [0.25, 0.3) is 11.1 Å². The number of fused-ring (bicyclic) bond motifs is 1. The smallest absolute Gasteiger partial charge is 0.387 e. The van der Waals surface area contributed by atoms with Crippen molar-refractivity contribution in [1.29, 1.82) is 0 Å². The zero-order chi connectivity index (χ0) is 22.8.